The fraction of sp³-hybridized carbons (Fsp3) is 0.583. The molecule has 0 saturated heterocycles. The van der Waals surface area contributed by atoms with Gasteiger partial charge in [0.05, 0.1) is 0 Å². The maximum absolute atomic E-state index is 4.82. The van der Waals surface area contributed by atoms with Gasteiger partial charge < -0.3 is 36.3 Å². The van der Waals surface area contributed by atoms with E-state index in [4.69, 9.17) is 9.30 Å². The van der Waals surface area contributed by atoms with Gasteiger partial charge in [-0.05, 0) is 37.1 Å². The van der Waals surface area contributed by atoms with Crippen LogP contribution in [0.4, 0.5) is 0 Å². The molecule has 0 N–H and O–H groups in total. The first-order chi connectivity index (χ1) is 14.2. The molecule has 2 radical (unpaired) electrons. The van der Waals surface area contributed by atoms with Crippen LogP contribution >= 0.6 is 0 Å². The first kappa shape index (κ1) is 49.7. The molecule has 0 aliphatic rings. The van der Waals surface area contributed by atoms with Gasteiger partial charge in [-0.1, -0.05) is 124 Å². The van der Waals surface area contributed by atoms with Crippen molar-refractivity contribution in [3.05, 3.63) is 69.5 Å². The molecule has 0 amide bonds. The molecular formula is C24H50Fe2N4S2Si4. The zero-order valence-electron chi connectivity index (χ0n) is 24.9. The van der Waals surface area contributed by atoms with Crippen LogP contribution in [0.25, 0.3) is 9.30 Å². The Hall–Kier alpha value is 0.826. The van der Waals surface area contributed by atoms with Crippen LogP contribution in [-0.2, 0) is 61.1 Å². The van der Waals surface area contributed by atoms with Crippen molar-refractivity contribution in [2.24, 2.45) is 0 Å². The van der Waals surface area contributed by atoms with E-state index in [0.717, 1.165) is 0 Å². The van der Waals surface area contributed by atoms with Gasteiger partial charge in [0.25, 0.3) is 0 Å². The van der Waals surface area contributed by atoms with Gasteiger partial charge in [-0.15, -0.1) is 0 Å². The average Bonchev–Trinajstić information content (AvgIpc) is 2.51. The SMILES string of the molecule is C[Si](C)(C)[N-][Si](C)(C)C.C[Si](C)(C)[N-][Si](C)(C)C.Cc1cccnc1.Cc1cccnc1.[Fe+3].[Fe+3].[S-2].[S-2]. The van der Waals surface area contributed by atoms with Crippen LogP contribution in [0.1, 0.15) is 11.1 Å². The van der Waals surface area contributed by atoms with Crippen molar-refractivity contribution in [1.29, 1.82) is 0 Å². The molecule has 2 heterocycles. The summed E-state index contributed by atoms with van der Waals surface area (Å²) in [6.07, 6.45) is 7.21. The fourth-order valence-electron chi connectivity index (χ4n) is 2.91. The van der Waals surface area contributed by atoms with Crippen LogP contribution in [0.15, 0.2) is 49.1 Å². The van der Waals surface area contributed by atoms with E-state index in [1.807, 2.05) is 50.5 Å². The molecule has 0 aliphatic carbocycles. The van der Waals surface area contributed by atoms with Crippen molar-refractivity contribution in [2.45, 2.75) is 92.4 Å². The van der Waals surface area contributed by atoms with E-state index < -0.39 is 32.9 Å². The average molecular weight is 683 g/mol. The van der Waals surface area contributed by atoms with E-state index >= 15 is 0 Å². The number of hydrogen-bond donors (Lipinski definition) is 0. The summed E-state index contributed by atoms with van der Waals surface area (Å²) in [5.41, 5.74) is 2.42. The number of nitrogens with zero attached hydrogens (tertiary/aromatic N) is 4. The predicted octanol–water partition coefficient (Wildman–Crippen LogP) is 8.83. The Morgan fingerprint density at radius 2 is 0.722 bits per heavy atom. The minimum absolute atomic E-state index is 0. The number of hydrogen-bond acceptors (Lipinski definition) is 2. The van der Waals surface area contributed by atoms with Crippen molar-refractivity contribution < 1.29 is 34.1 Å². The number of pyridine rings is 2. The summed E-state index contributed by atoms with van der Waals surface area (Å²) in [5.74, 6) is 0. The Morgan fingerprint density at radius 3 is 0.778 bits per heavy atom. The molecule has 210 valence electrons. The Balaban J connectivity index is -0.0000000807. The predicted molar refractivity (Wildman–Crippen MR) is 173 cm³/mol. The molecule has 0 fully saturated rings. The van der Waals surface area contributed by atoms with Gasteiger partial charge >= 0.3 is 34.1 Å². The smallest absolute Gasteiger partial charge is 2.00 e. The molecule has 0 bridgehead atoms. The van der Waals surface area contributed by atoms with E-state index in [9.17, 15) is 0 Å². The van der Waals surface area contributed by atoms with E-state index in [0.29, 0.717) is 0 Å². The molecule has 2 aromatic heterocycles. The fourth-order valence-corrected chi connectivity index (χ4v) is 19.0. The minimum atomic E-state index is -1.11. The summed E-state index contributed by atoms with van der Waals surface area (Å²) in [6, 6.07) is 7.89. The normalized spacial score (nSPS) is 10.4. The van der Waals surface area contributed by atoms with Crippen LogP contribution < -0.4 is 0 Å². The quantitative estimate of drug-likeness (QED) is 0.303. The van der Waals surface area contributed by atoms with Crippen molar-refractivity contribution in [3.8, 4) is 0 Å². The van der Waals surface area contributed by atoms with Gasteiger partial charge in [0.2, 0.25) is 0 Å². The maximum Gasteiger partial charge on any atom is 3.00 e. The molecule has 0 spiro atoms. The monoisotopic (exact) mass is 682 g/mol. The second-order valence-corrected chi connectivity index (χ2v) is 31.1. The standard InChI is InChI=1S/2C6H18NSi2.2C6H7N.2Fe.2S/c2*1-8(2,3)7-9(4,5)6;2*1-6-3-2-4-7-5-6;;;;/h2*1-6H3;2*2-5H,1H3;;;;/q2*-1;;;2*+3;2*-2. The number of rotatable bonds is 4. The molecule has 0 saturated carbocycles. The Kier molecular flexibility index (Phi) is 32.7. The van der Waals surface area contributed by atoms with E-state index in [-0.39, 0.29) is 61.1 Å². The maximum atomic E-state index is 4.82. The number of aromatic nitrogens is 2. The molecule has 2 rings (SSSR count). The summed E-state index contributed by atoms with van der Waals surface area (Å²) in [5, 5.41) is 0. The van der Waals surface area contributed by atoms with E-state index in [2.05, 4.69) is 88.5 Å². The topological polar surface area (TPSA) is 54.0 Å². The summed E-state index contributed by atoms with van der Waals surface area (Å²) in [4.78, 5) is 7.77. The third kappa shape index (κ3) is 48.0. The summed E-state index contributed by atoms with van der Waals surface area (Å²) in [7, 11) is -4.42. The Labute approximate surface area is 264 Å². The van der Waals surface area contributed by atoms with Crippen molar-refractivity contribution in [3.63, 3.8) is 0 Å². The first-order valence-corrected chi connectivity index (χ1v) is 25.2. The van der Waals surface area contributed by atoms with Crippen LogP contribution in [0, 0.1) is 13.8 Å². The zero-order chi connectivity index (χ0) is 25.6. The van der Waals surface area contributed by atoms with Gasteiger partial charge in [0.15, 0.2) is 0 Å². The van der Waals surface area contributed by atoms with Gasteiger partial charge in [-0.25, -0.2) is 0 Å². The summed E-state index contributed by atoms with van der Waals surface area (Å²) in [6.45, 7) is 31.6. The molecule has 12 heteroatoms. The molecule has 0 aromatic carbocycles. The van der Waals surface area contributed by atoms with Crippen LogP contribution in [0.5, 0.6) is 0 Å². The minimum Gasteiger partial charge on any atom is -2.00 e. The largest absolute Gasteiger partial charge is 3.00 e. The summed E-state index contributed by atoms with van der Waals surface area (Å²) >= 11 is 0. The van der Waals surface area contributed by atoms with Gasteiger partial charge in [0.1, 0.15) is 0 Å². The van der Waals surface area contributed by atoms with Gasteiger partial charge in [-0.2, -0.15) is 0 Å². The second kappa shape index (κ2) is 23.7. The number of aryl methyl sites for hydroxylation is 2. The first-order valence-electron chi connectivity index (χ1n) is 11.4. The molecule has 36 heavy (non-hydrogen) atoms. The van der Waals surface area contributed by atoms with E-state index in [1.165, 1.54) is 11.1 Å². The van der Waals surface area contributed by atoms with Crippen LogP contribution in [0.3, 0.4) is 0 Å². The molecule has 4 nitrogen and oxygen atoms in total. The molecule has 0 unspecified atom stereocenters. The third-order valence-electron chi connectivity index (χ3n) is 2.96. The van der Waals surface area contributed by atoms with E-state index in [1.54, 1.807) is 12.4 Å². The molecular weight excluding hydrogens is 632 g/mol. The van der Waals surface area contributed by atoms with Crippen molar-refractivity contribution in [1.82, 2.24) is 9.97 Å². The zero-order valence-corrected chi connectivity index (χ0v) is 32.8. The Morgan fingerprint density at radius 1 is 0.500 bits per heavy atom. The Bertz CT molecular complexity index is 634. The van der Waals surface area contributed by atoms with Gasteiger partial charge in [0, 0.05) is 24.8 Å². The third-order valence-corrected chi connectivity index (χ3v) is 13.7. The van der Waals surface area contributed by atoms with Crippen molar-refractivity contribution >= 4 is 59.9 Å². The van der Waals surface area contributed by atoms with Crippen LogP contribution in [-0.4, -0.2) is 42.9 Å². The molecule has 0 aliphatic heterocycles. The molecule has 2 aromatic rings. The second-order valence-electron chi connectivity index (χ2n) is 12.0. The molecule has 0 atom stereocenters. The van der Waals surface area contributed by atoms with Crippen molar-refractivity contribution in [2.75, 3.05) is 0 Å². The summed E-state index contributed by atoms with van der Waals surface area (Å²) < 4.78 is 9.64. The van der Waals surface area contributed by atoms with Gasteiger partial charge in [-0.3, -0.25) is 9.97 Å². The van der Waals surface area contributed by atoms with Crippen LogP contribution in [0.2, 0.25) is 78.6 Å².